The number of fused-ring (bicyclic) bond motifs is 2. The molecule has 0 saturated heterocycles. The van der Waals surface area contributed by atoms with Gasteiger partial charge in [0.15, 0.2) is 0 Å². The van der Waals surface area contributed by atoms with E-state index in [1.807, 2.05) is 0 Å². The highest BCUT2D eigenvalue weighted by molar-refractivity contribution is 6.07. The van der Waals surface area contributed by atoms with E-state index >= 15 is 0 Å². The van der Waals surface area contributed by atoms with Crippen molar-refractivity contribution in [1.82, 2.24) is 9.97 Å². The van der Waals surface area contributed by atoms with Gasteiger partial charge in [-0.1, -0.05) is 18.2 Å². The SMILES string of the molecule is CCOC(=O)/C(C#N)=C1\c2ccccc2Oc2[nH]c(=O)[nH]c(=O)c21. The van der Waals surface area contributed by atoms with Crippen LogP contribution in [0, 0.1) is 11.3 Å². The Morgan fingerprint density at radius 1 is 1.29 bits per heavy atom. The molecular formula is C16H11N3O5. The third kappa shape index (κ3) is 2.38. The number of nitrogens with zero attached hydrogens (tertiary/aromatic N) is 1. The number of rotatable bonds is 2. The van der Waals surface area contributed by atoms with Crippen LogP contribution in [-0.4, -0.2) is 22.5 Å². The summed E-state index contributed by atoms with van der Waals surface area (Å²) in [6, 6.07) is 8.34. The highest BCUT2D eigenvalue weighted by Gasteiger charge is 2.31. The molecule has 0 atom stereocenters. The Bertz CT molecular complexity index is 1020. The highest BCUT2D eigenvalue weighted by atomic mass is 16.5. The van der Waals surface area contributed by atoms with Gasteiger partial charge in [-0.15, -0.1) is 0 Å². The first-order valence-electron chi connectivity index (χ1n) is 7.02. The number of hydrogen-bond acceptors (Lipinski definition) is 6. The van der Waals surface area contributed by atoms with Crippen LogP contribution in [0.3, 0.4) is 0 Å². The largest absolute Gasteiger partial charge is 0.462 e. The van der Waals surface area contributed by atoms with E-state index in [2.05, 4.69) is 9.97 Å². The van der Waals surface area contributed by atoms with E-state index in [0.29, 0.717) is 11.3 Å². The third-order valence-electron chi connectivity index (χ3n) is 3.37. The lowest BCUT2D eigenvalue weighted by atomic mass is 9.92. The molecule has 0 amide bonds. The summed E-state index contributed by atoms with van der Waals surface area (Å²) in [5.74, 6) is -0.684. The first-order valence-corrected chi connectivity index (χ1v) is 7.02. The molecule has 1 aromatic carbocycles. The Morgan fingerprint density at radius 3 is 2.75 bits per heavy atom. The lowest BCUT2D eigenvalue weighted by Crippen LogP contribution is -2.28. The Hall–Kier alpha value is -3.60. The zero-order chi connectivity index (χ0) is 17.3. The number of H-pyrrole nitrogens is 2. The average Bonchev–Trinajstić information content (AvgIpc) is 2.54. The molecule has 0 unspecified atom stereocenters. The lowest BCUT2D eigenvalue weighted by Gasteiger charge is -2.21. The smallest absolute Gasteiger partial charge is 0.349 e. The molecule has 8 nitrogen and oxygen atoms in total. The van der Waals surface area contributed by atoms with Gasteiger partial charge in [-0.05, 0) is 13.0 Å². The van der Waals surface area contributed by atoms with Gasteiger partial charge in [0.05, 0.1) is 6.61 Å². The fourth-order valence-electron chi connectivity index (χ4n) is 2.44. The van der Waals surface area contributed by atoms with E-state index in [1.54, 1.807) is 37.3 Å². The summed E-state index contributed by atoms with van der Waals surface area (Å²) in [5.41, 5.74) is -1.52. The standard InChI is InChI=1S/C16H11N3O5/c1-2-23-15(21)9(7-17)11-8-5-3-4-6-10(8)24-14-12(11)13(20)18-16(22)19-14/h3-6H,2H2,1H3,(H2,18,19,20,22)/b11-9+. The van der Waals surface area contributed by atoms with E-state index in [-0.39, 0.29) is 29.2 Å². The fraction of sp³-hybridized carbons (Fsp3) is 0.125. The van der Waals surface area contributed by atoms with Crippen molar-refractivity contribution in [3.05, 3.63) is 61.8 Å². The van der Waals surface area contributed by atoms with Gasteiger partial charge < -0.3 is 9.47 Å². The summed E-state index contributed by atoms with van der Waals surface area (Å²) in [6.07, 6.45) is 0. The Kier molecular flexibility index (Phi) is 3.75. The van der Waals surface area contributed by atoms with Crippen LogP contribution in [-0.2, 0) is 9.53 Å². The second kappa shape index (κ2) is 5.89. The molecule has 3 rings (SSSR count). The van der Waals surface area contributed by atoms with Crippen LogP contribution in [0.5, 0.6) is 11.6 Å². The molecule has 2 heterocycles. The lowest BCUT2D eigenvalue weighted by molar-refractivity contribution is -0.137. The van der Waals surface area contributed by atoms with Crippen LogP contribution in [0.25, 0.3) is 5.57 Å². The van der Waals surface area contributed by atoms with Gasteiger partial charge in [0.1, 0.15) is 23.0 Å². The first kappa shape index (κ1) is 15.3. The molecule has 1 aromatic heterocycles. The first-order chi connectivity index (χ1) is 11.6. The molecule has 0 spiro atoms. The summed E-state index contributed by atoms with van der Waals surface area (Å²) < 4.78 is 10.4. The van der Waals surface area contributed by atoms with Gasteiger partial charge in [0.25, 0.3) is 5.56 Å². The van der Waals surface area contributed by atoms with Crippen LogP contribution in [0.15, 0.2) is 39.4 Å². The molecule has 0 aliphatic carbocycles. The summed E-state index contributed by atoms with van der Waals surface area (Å²) in [6.45, 7) is 1.68. The number of esters is 1. The van der Waals surface area contributed by atoms with Gasteiger partial charge in [0.2, 0.25) is 5.88 Å². The van der Waals surface area contributed by atoms with Crippen LogP contribution in [0.2, 0.25) is 0 Å². The number of para-hydroxylation sites is 1. The van der Waals surface area contributed by atoms with Crippen molar-refractivity contribution in [3.63, 3.8) is 0 Å². The van der Waals surface area contributed by atoms with E-state index in [4.69, 9.17) is 9.47 Å². The molecule has 1 aliphatic heterocycles. The quantitative estimate of drug-likeness (QED) is 0.412. The molecule has 2 aromatic rings. The van der Waals surface area contributed by atoms with Crippen LogP contribution >= 0.6 is 0 Å². The van der Waals surface area contributed by atoms with Crippen LogP contribution in [0.4, 0.5) is 0 Å². The molecule has 24 heavy (non-hydrogen) atoms. The molecule has 8 heteroatoms. The maximum absolute atomic E-state index is 12.3. The second-order valence-corrected chi connectivity index (χ2v) is 4.79. The highest BCUT2D eigenvalue weighted by Crippen LogP contribution is 2.41. The average molecular weight is 325 g/mol. The zero-order valence-corrected chi connectivity index (χ0v) is 12.5. The normalized spacial score (nSPS) is 13.8. The monoisotopic (exact) mass is 325 g/mol. The summed E-state index contributed by atoms with van der Waals surface area (Å²) in [4.78, 5) is 40.3. The minimum Gasteiger partial charge on any atom is -0.462 e. The van der Waals surface area contributed by atoms with Gasteiger partial charge >= 0.3 is 11.7 Å². The minimum absolute atomic E-state index is 0.0605. The van der Waals surface area contributed by atoms with Crippen molar-refractivity contribution in [3.8, 4) is 17.7 Å². The van der Waals surface area contributed by atoms with Crippen molar-refractivity contribution in [2.45, 2.75) is 6.92 Å². The molecular weight excluding hydrogens is 314 g/mol. The molecule has 0 radical (unpaired) electrons. The van der Waals surface area contributed by atoms with E-state index in [0.717, 1.165) is 0 Å². The Balaban J connectivity index is 2.42. The van der Waals surface area contributed by atoms with E-state index in [9.17, 15) is 19.6 Å². The number of nitrogens with one attached hydrogen (secondary N) is 2. The third-order valence-corrected chi connectivity index (χ3v) is 3.37. The van der Waals surface area contributed by atoms with E-state index < -0.39 is 17.2 Å². The Morgan fingerprint density at radius 2 is 2.04 bits per heavy atom. The number of aromatic nitrogens is 2. The van der Waals surface area contributed by atoms with E-state index in [1.165, 1.54) is 0 Å². The van der Waals surface area contributed by atoms with Gasteiger partial charge in [-0.25, -0.2) is 9.59 Å². The number of carbonyl (C=O) groups is 1. The molecule has 0 bridgehead atoms. The second-order valence-electron chi connectivity index (χ2n) is 4.79. The van der Waals surface area contributed by atoms with Crippen LogP contribution < -0.4 is 16.0 Å². The summed E-state index contributed by atoms with van der Waals surface area (Å²) in [7, 11) is 0. The number of hydrogen-bond donors (Lipinski definition) is 2. The maximum Gasteiger partial charge on any atom is 0.349 e. The minimum atomic E-state index is -0.858. The molecule has 2 N–H and O–H groups in total. The molecule has 0 fully saturated rings. The summed E-state index contributed by atoms with van der Waals surface area (Å²) >= 11 is 0. The number of nitriles is 1. The number of aromatic amines is 2. The number of ether oxygens (including phenoxy) is 2. The molecule has 0 saturated carbocycles. The molecule has 120 valence electrons. The van der Waals surface area contributed by atoms with Gasteiger partial charge in [0, 0.05) is 11.1 Å². The van der Waals surface area contributed by atoms with Crippen molar-refractivity contribution in [2.24, 2.45) is 0 Å². The number of carbonyl (C=O) groups excluding carboxylic acids is 1. The maximum atomic E-state index is 12.3. The van der Waals surface area contributed by atoms with Crippen molar-refractivity contribution in [1.29, 1.82) is 5.26 Å². The van der Waals surface area contributed by atoms with Crippen molar-refractivity contribution < 1.29 is 14.3 Å². The zero-order valence-electron chi connectivity index (χ0n) is 12.5. The topological polar surface area (TPSA) is 125 Å². The molecule has 1 aliphatic rings. The fourth-order valence-corrected chi connectivity index (χ4v) is 2.44. The van der Waals surface area contributed by atoms with Crippen molar-refractivity contribution >= 4 is 11.5 Å². The predicted octanol–water partition coefficient (Wildman–Crippen LogP) is 1.06. The van der Waals surface area contributed by atoms with Crippen molar-refractivity contribution in [2.75, 3.05) is 6.61 Å². The van der Waals surface area contributed by atoms with Crippen LogP contribution in [0.1, 0.15) is 18.1 Å². The number of benzene rings is 1. The predicted molar refractivity (Wildman–Crippen MR) is 82.5 cm³/mol. The summed E-state index contributed by atoms with van der Waals surface area (Å²) in [5, 5.41) is 9.44. The van der Waals surface area contributed by atoms with Gasteiger partial charge in [-0.2, -0.15) is 5.26 Å². The van der Waals surface area contributed by atoms with Gasteiger partial charge in [-0.3, -0.25) is 14.8 Å². The Labute approximate surface area is 135 Å².